The molecule has 1 heteroatoms. The number of hydrogen-bond donors (Lipinski definition) is 0. The summed E-state index contributed by atoms with van der Waals surface area (Å²) in [4.78, 5) is 0. The zero-order chi connectivity index (χ0) is 17.3. The Morgan fingerprint density at radius 2 is 1.25 bits per heavy atom. The minimum Gasteiger partial charge on any atom is -0.192 e. The molecule has 1 nitrogen and oxygen atoms in total. The molecule has 3 rings (SSSR count). The van der Waals surface area contributed by atoms with Crippen molar-refractivity contribution in [2.75, 3.05) is 0 Å². The maximum atomic E-state index is 8.96. The molecule has 0 radical (unpaired) electrons. The van der Waals surface area contributed by atoms with E-state index in [1.807, 2.05) is 24.3 Å². The predicted octanol–water partition coefficient (Wildman–Crippen LogP) is 6.13. The van der Waals surface area contributed by atoms with Crippen LogP contribution in [0.4, 0.5) is 0 Å². The fraction of sp³-hybridized carbons (Fsp3) is 0.174. The molecule has 3 aromatic rings. The third-order valence-electron chi connectivity index (χ3n) is 4.78. The highest BCUT2D eigenvalue weighted by atomic mass is 14.2. The summed E-state index contributed by atoms with van der Waals surface area (Å²) < 4.78 is 0. The van der Waals surface area contributed by atoms with Gasteiger partial charge in [-0.15, -0.1) is 0 Å². The molecule has 0 aromatic heterocycles. The molecular weight excluding hydrogens is 290 g/mol. The molecule has 118 valence electrons. The molecule has 0 aliphatic rings. The van der Waals surface area contributed by atoms with Crippen molar-refractivity contribution in [2.24, 2.45) is 0 Å². The van der Waals surface area contributed by atoms with Crippen LogP contribution in [-0.2, 0) is 0 Å². The smallest absolute Gasteiger partial charge is 0.0991 e. The summed E-state index contributed by atoms with van der Waals surface area (Å²) in [6, 6.07) is 21.0. The Morgan fingerprint density at radius 1 is 0.667 bits per heavy atom. The van der Waals surface area contributed by atoms with Gasteiger partial charge in [0.25, 0.3) is 0 Å². The van der Waals surface area contributed by atoms with Crippen LogP contribution >= 0.6 is 0 Å². The number of rotatable bonds is 2. The first-order valence-electron chi connectivity index (χ1n) is 8.19. The molecule has 0 amide bonds. The van der Waals surface area contributed by atoms with E-state index in [0.29, 0.717) is 5.56 Å². The van der Waals surface area contributed by atoms with Gasteiger partial charge in [0.05, 0.1) is 11.6 Å². The van der Waals surface area contributed by atoms with Crippen molar-refractivity contribution in [3.63, 3.8) is 0 Å². The molecule has 0 saturated carbocycles. The molecule has 0 unspecified atom stereocenters. The Hall–Kier alpha value is -2.85. The van der Waals surface area contributed by atoms with Crippen LogP contribution in [0.5, 0.6) is 0 Å². The molecule has 0 saturated heterocycles. The molecule has 0 fully saturated rings. The van der Waals surface area contributed by atoms with E-state index in [-0.39, 0.29) is 0 Å². The molecule has 0 aliphatic heterocycles. The van der Waals surface area contributed by atoms with Crippen molar-refractivity contribution >= 4 is 0 Å². The third-order valence-corrected chi connectivity index (χ3v) is 4.78. The Morgan fingerprint density at radius 3 is 1.88 bits per heavy atom. The van der Waals surface area contributed by atoms with Crippen LogP contribution in [0, 0.1) is 39.0 Å². The molecule has 24 heavy (non-hydrogen) atoms. The predicted molar refractivity (Wildman–Crippen MR) is 101 cm³/mol. The van der Waals surface area contributed by atoms with Gasteiger partial charge in [0.1, 0.15) is 0 Å². The van der Waals surface area contributed by atoms with Crippen LogP contribution < -0.4 is 0 Å². The normalized spacial score (nSPS) is 10.5. The lowest BCUT2D eigenvalue weighted by atomic mass is 9.89. The second-order valence-electron chi connectivity index (χ2n) is 6.42. The Bertz CT molecular complexity index is 941. The summed E-state index contributed by atoms with van der Waals surface area (Å²) in [5, 5.41) is 8.96. The lowest BCUT2D eigenvalue weighted by Gasteiger charge is -2.16. The van der Waals surface area contributed by atoms with Crippen LogP contribution in [-0.4, -0.2) is 0 Å². The highest BCUT2D eigenvalue weighted by Crippen LogP contribution is 2.34. The molecule has 0 spiro atoms. The lowest BCUT2D eigenvalue weighted by Crippen LogP contribution is -1.94. The fourth-order valence-corrected chi connectivity index (χ4v) is 3.27. The van der Waals surface area contributed by atoms with E-state index in [2.05, 4.69) is 64.1 Å². The van der Waals surface area contributed by atoms with E-state index in [1.54, 1.807) is 0 Å². The molecule has 3 aromatic carbocycles. The van der Waals surface area contributed by atoms with Crippen molar-refractivity contribution < 1.29 is 0 Å². The number of aryl methyl sites for hydroxylation is 2. The SMILES string of the molecule is Cc1ccc(-c2ccc(-c3ccc(C#N)cc3)c(C)c2C)c(C)c1. The Kier molecular flexibility index (Phi) is 4.23. The molecule has 0 atom stereocenters. The largest absolute Gasteiger partial charge is 0.192 e. The first kappa shape index (κ1) is 16.0. The van der Waals surface area contributed by atoms with Crippen LogP contribution in [0.15, 0.2) is 54.6 Å². The second-order valence-corrected chi connectivity index (χ2v) is 6.42. The van der Waals surface area contributed by atoms with Gasteiger partial charge in [-0.05, 0) is 78.8 Å². The minimum atomic E-state index is 0.694. The molecule has 0 heterocycles. The van der Waals surface area contributed by atoms with Gasteiger partial charge < -0.3 is 0 Å². The van der Waals surface area contributed by atoms with Crippen molar-refractivity contribution in [3.8, 4) is 28.3 Å². The van der Waals surface area contributed by atoms with Gasteiger partial charge in [0.15, 0.2) is 0 Å². The van der Waals surface area contributed by atoms with Crippen molar-refractivity contribution in [3.05, 3.63) is 82.4 Å². The van der Waals surface area contributed by atoms with Gasteiger partial charge in [-0.1, -0.05) is 48.0 Å². The van der Waals surface area contributed by atoms with Gasteiger partial charge in [-0.25, -0.2) is 0 Å². The average molecular weight is 311 g/mol. The summed E-state index contributed by atoms with van der Waals surface area (Å²) in [7, 11) is 0. The standard InChI is InChI=1S/C23H21N/c1-15-5-10-21(16(2)13-15)23-12-11-22(17(3)18(23)4)20-8-6-19(14-24)7-9-20/h5-13H,1-4H3. The van der Waals surface area contributed by atoms with Gasteiger partial charge in [0.2, 0.25) is 0 Å². The molecule has 0 bridgehead atoms. The zero-order valence-corrected chi connectivity index (χ0v) is 14.6. The second kappa shape index (κ2) is 6.34. The van der Waals surface area contributed by atoms with Gasteiger partial charge in [0, 0.05) is 0 Å². The Balaban J connectivity index is 2.10. The first-order chi connectivity index (χ1) is 11.5. The molecule has 0 aliphatic carbocycles. The maximum Gasteiger partial charge on any atom is 0.0991 e. The van der Waals surface area contributed by atoms with E-state index >= 15 is 0 Å². The minimum absolute atomic E-state index is 0.694. The van der Waals surface area contributed by atoms with Crippen LogP contribution in [0.1, 0.15) is 27.8 Å². The number of benzene rings is 3. The van der Waals surface area contributed by atoms with Crippen LogP contribution in [0.2, 0.25) is 0 Å². The summed E-state index contributed by atoms with van der Waals surface area (Å²) >= 11 is 0. The Labute approximate surface area is 144 Å². The van der Waals surface area contributed by atoms with Crippen LogP contribution in [0.3, 0.4) is 0 Å². The third kappa shape index (κ3) is 2.84. The number of hydrogen-bond acceptors (Lipinski definition) is 1. The molecule has 0 N–H and O–H groups in total. The molecular formula is C23H21N. The average Bonchev–Trinajstić information content (AvgIpc) is 2.58. The highest BCUT2D eigenvalue weighted by molar-refractivity contribution is 5.78. The van der Waals surface area contributed by atoms with Gasteiger partial charge >= 0.3 is 0 Å². The summed E-state index contributed by atoms with van der Waals surface area (Å²) in [5.74, 6) is 0. The van der Waals surface area contributed by atoms with E-state index in [0.717, 1.165) is 5.56 Å². The summed E-state index contributed by atoms with van der Waals surface area (Å²) in [5.41, 5.74) is 10.9. The van der Waals surface area contributed by atoms with E-state index in [4.69, 9.17) is 5.26 Å². The zero-order valence-electron chi connectivity index (χ0n) is 14.6. The van der Waals surface area contributed by atoms with Crippen molar-refractivity contribution in [2.45, 2.75) is 27.7 Å². The maximum absolute atomic E-state index is 8.96. The fourth-order valence-electron chi connectivity index (χ4n) is 3.27. The van der Waals surface area contributed by atoms with E-state index in [9.17, 15) is 0 Å². The monoisotopic (exact) mass is 311 g/mol. The van der Waals surface area contributed by atoms with Crippen molar-refractivity contribution in [1.82, 2.24) is 0 Å². The lowest BCUT2D eigenvalue weighted by molar-refractivity contribution is 1.32. The van der Waals surface area contributed by atoms with Gasteiger partial charge in [-0.2, -0.15) is 5.26 Å². The topological polar surface area (TPSA) is 23.8 Å². The number of nitrogens with zero attached hydrogens (tertiary/aromatic N) is 1. The summed E-state index contributed by atoms with van der Waals surface area (Å²) in [6.07, 6.45) is 0. The van der Waals surface area contributed by atoms with E-state index in [1.165, 1.54) is 38.9 Å². The highest BCUT2D eigenvalue weighted by Gasteiger charge is 2.11. The first-order valence-corrected chi connectivity index (χ1v) is 8.19. The number of nitriles is 1. The quantitative estimate of drug-likeness (QED) is 0.559. The van der Waals surface area contributed by atoms with Crippen LogP contribution in [0.25, 0.3) is 22.3 Å². The summed E-state index contributed by atoms with van der Waals surface area (Å²) in [6.45, 7) is 8.67. The van der Waals surface area contributed by atoms with Gasteiger partial charge in [-0.3, -0.25) is 0 Å². The van der Waals surface area contributed by atoms with E-state index < -0.39 is 0 Å². The van der Waals surface area contributed by atoms with Crippen molar-refractivity contribution in [1.29, 1.82) is 5.26 Å².